The van der Waals surface area contributed by atoms with Gasteiger partial charge in [-0.2, -0.15) is 13.2 Å². The van der Waals surface area contributed by atoms with Crippen LogP contribution >= 0.6 is 11.5 Å². The van der Waals surface area contributed by atoms with E-state index < -0.39 is 35.0 Å². The Balaban J connectivity index is 2.08. The largest absolute Gasteiger partial charge is 0.493 e. The molecule has 2 aromatic carbocycles. The molecule has 1 aliphatic rings. The van der Waals surface area contributed by atoms with Crippen molar-refractivity contribution >= 4 is 17.5 Å². The van der Waals surface area contributed by atoms with Crippen molar-refractivity contribution in [1.29, 1.82) is 0 Å². The molecule has 0 saturated heterocycles. The number of halogens is 3. The highest BCUT2D eigenvalue weighted by atomic mass is 32.1. The highest BCUT2D eigenvalue weighted by Gasteiger charge is 2.41. The Labute approximate surface area is 199 Å². The number of nitrogens with zero attached hydrogens (tertiary/aromatic N) is 1. The third kappa shape index (κ3) is 4.95. The van der Waals surface area contributed by atoms with Crippen LogP contribution in [0.4, 0.5) is 13.2 Å². The van der Waals surface area contributed by atoms with Crippen LogP contribution in [0, 0.1) is 0 Å². The van der Waals surface area contributed by atoms with Crippen molar-refractivity contribution in [3.63, 3.8) is 0 Å². The fraction of sp³-hybridized carbons (Fsp3) is 0.360. The van der Waals surface area contributed by atoms with Gasteiger partial charge in [0.15, 0.2) is 6.10 Å². The van der Waals surface area contributed by atoms with E-state index in [0.29, 0.717) is 35.5 Å². The maximum absolute atomic E-state index is 14.3. The van der Waals surface area contributed by atoms with Gasteiger partial charge in [0.05, 0.1) is 17.8 Å². The molecule has 180 valence electrons. The summed E-state index contributed by atoms with van der Waals surface area (Å²) >= 11 is 1.16. The third-order valence-electron chi connectivity index (χ3n) is 5.45. The van der Waals surface area contributed by atoms with Crippen LogP contribution in [0.2, 0.25) is 0 Å². The number of rotatable bonds is 5. The Morgan fingerprint density at radius 2 is 1.94 bits per heavy atom. The van der Waals surface area contributed by atoms with Crippen molar-refractivity contribution in [2.45, 2.75) is 51.5 Å². The number of fused-ring (bicyclic) bond motifs is 1. The maximum atomic E-state index is 14.3. The average Bonchev–Trinajstić information content (AvgIpc) is 3.29. The minimum Gasteiger partial charge on any atom is -0.493 e. The monoisotopic (exact) mass is 491 g/mol. The van der Waals surface area contributed by atoms with Gasteiger partial charge in [0, 0.05) is 22.7 Å². The number of alkyl halides is 3. The molecule has 1 atom stereocenters. The van der Waals surface area contributed by atoms with E-state index in [-0.39, 0.29) is 5.56 Å². The number of aromatic nitrogens is 1. The van der Waals surface area contributed by atoms with E-state index in [1.807, 2.05) is 0 Å². The molecule has 0 bridgehead atoms. The molecule has 2 heterocycles. The van der Waals surface area contributed by atoms with E-state index >= 15 is 0 Å². The molecule has 0 fully saturated rings. The molecule has 0 saturated carbocycles. The van der Waals surface area contributed by atoms with Gasteiger partial charge >= 0.3 is 12.1 Å². The van der Waals surface area contributed by atoms with Crippen LogP contribution in [0.5, 0.6) is 5.75 Å². The van der Waals surface area contributed by atoms with Gasteiger partial charge in [0.1, 0.15) is 5.75 Å². The summed E-state index contributed by atoms with van der Waals surface area (Å²) in [6.07, 6.45) is -3.57. The van der Waals surface area contributed by atoms with E-state index in [9.17, 15) is 23.1 Å². The molecular weight excluding hydrogens is 467 g/mol. The summed E-state index contributed by atoms with van der Waals surface area (Å²) in [6, 6.07) is 7.48. The number of carbonyl (C=O) groups is 1. The van der Waals surface area contributed by atoms with Gasteiger partial charge in [-0.05, 0) is 85.6 Å². The minimum atomic E-state index is -4.79. The first-order valence-corrected chi connectivity index (χ1v) is 11.6. The number of carboxylic acid groups (broad SMARTS) is 1. The fourth-order valence-electron chi connectivity index (χ4n) is 4.13. The summed E-state index contributed by atoms with van der Waals surface area (Å²) in [4.78, 5) is 12.3. The van der Waals surface area contributed by atoms with E-state index in [0.717, 1.165) is 29.6 Å². The highest BCUT2D eigenvalue weighted by molar-refractivity contribution is 7.03. The lowest BCUT2D eigenvalue weighted by Crippen LogP contribution is -2.29. The van der Waals surface area contributed by atoms with Gasteiger partial charge in [-0.1, -0.05) is 12.1 Å². The Bertz CT molecular complexity index is 1200. The fourth-order valence-corrected chi connectivity index (χ4v) is 4.67. The van der Waals surface area contributed by atoms with Crippen LogP contribution in [-0.4, -0.2) is 27.7 Å². The highest BCUT2D eigenvalue weighted by Crippen LogP contribution is 2.47. The quantitative estimate of drug-likeness (QED) is 0.427. The SMILES string of the molecule is CC(C)(C)OC(C(=O)O)c1c(C(F)(F)F)ccc(-c2cnsc2)c1-c1ccc2c(c1)CCCO2. The number of benzene rings is 2. The maximum Gasteiger partial charge on any atom is 0.416 e. The summed E-state index contributed by atoms with van der Waals surface area (Å²) in [5.41, 5.74) is 0.0872. The lowest BCUT2D eigenvalue weighted by molar-refractivity contribution is -0.163. The van der Waals surface area contributed by atoms with Crippen molar-refractivity contribution in [3.8, 4) is 28.0 Å². The average molecular weight is 492 g/mol. The predicted octanol–water partition coefficient (Wildman–Crippen LogP) is 6.76. The zero-order valence-electron chi connectivity index (χ0n) is 18.9. The number of aliphatic carboxylic acids is 1. The van der Waals surface area contributed by atoms with Crippen LogP contribution in [0.3, 0.4) is 0 Å². The lowest BCUT2D eigenvalue weighted by atomic mass is 9.84. The van der Waals surface area contributed by atoms with Crippen LogP contribution < -0.4 is 4.74 Å². The zero-order valence-corrected chi connectivity index (χ0v) is 19.7. The van der Waals surface area contributed by atoms with E-state index in [1.54, 1.807) is 50.5 Å². The van der Waals surface area contributed by atoms with Crippen LogP contribution in [0.25, 0.3) is 22.3 Å². The first-order valence-electron chi connectivity index (χ1n) is 10.8. The second-order valence-electron chi connectivity index (χ2n) is 9.08. The van der Waals surface area contributed by atoms with Gasteiger partial charge in [-0.25, -0.2) is 9.17 Å². The number of hydrogen-bond donors (Lipinski definition) is 1. The Hall–Kier alpha value is -2.91. The molecule has 3 aromatic rings. The topological polar surface area (TPSA) is 68.7 Å². The normalized spacial score (nSPS) is 14.9. The number of aryl methyl sites for hydroxylation is 1. The molecule has 9 heteroatoms. The molecule has 4 rings (SSSR count). The van der Waals surface area contributed by atoms with E-state index in [2.05, 4.69) is 4.37 Å². The Morgan fingerprint density at radius 1 is 1.18 bits per heavy atom. The van der Waals surface area contributed by atoms with E-state index in [4.69, 9.17) is 9.47 Å². The standard InChI is InChI=1S/C25H24F3NO4S/c1-24(2,3)33-22(23(30)31)21-18(25(26,27)28)8-7-17(16-12-29-34-13-16)20(21)15-6-9-19-14(11-15)5-4-10-32-19/h6-9,11-13,22H,4-5,10H2,1-3H3,(H,30,31). The predicted molar refractivity (Wildman–Crippen MR) is 123 cm³/mol. The van der Waals surface area contributed by atoms with Crippen LogP contribution in [0.1, 0.15) is 50.0 Å². The van der Waals surface area contributed by atoms with Gasteiger partial charge in [-0.15, -0.1) is 0 Å². The lowest BCUT2D eigenvalue weighted by Gasteiger charge is -2.30. The molecule has 1 aromatic heterocycles. The summed E-state index contributed by atoms with van der Waals surface area (Å²) in [6.45, 7) is 5.41. The van der Waals surface area contributed by atoms with Crippen molar-refractivity contribution in [1.82, 2.24) is 4.37 Å². The molecular formula is C25H24F3NO4S. The molecule has 1 unspecified atom stereocenters. The van der Waals surface area contributed by atoms with Crippen molar-refractivity contribution in [2.75, 3.05) is 6.61 Å². The Kier molecular flexibility index (Phi) is 6.44. The first kappa shape index (κ1) is 24.2. The molecule has 34 heavy (non-hydrogen) atoms. The second-order valence-corrected chi connectivity index (χ2v) is 9.74. The number of carboxylic acids is 1. The Morgan fingerprint density at radius 3 is 2.56 bits per heavy atom. The molecule has 5 nitrogen and oxygen atoms in total. The molecule has 0 radical (unpaired) electrons. The van der Waals surface area contributed by atoms with Crippen molar-refractivity contribution in [3.05, 3.63) is 58.6 Å². The van der Waals surface area contributed by atoms with Gasteiger partial charge in [-0.3, -0.25) is 0 Å². The second kappa shape index (κ2) is 9.03. The summed E-state index contributed by atoms with van der Waals surface area (Å²) in [5.74, 6) is -0.813. The molecule has 1 aliphatic heterocycles. The van der Waals surface area contributed by atoms with Crippen molar-refractivity contribution in [2.24, 2.45) is 0 Å². The first-order chi connectivity index (χ1) is 16.0. The van der Waals surface area contributed by atoms with Crippen LogP contribution in [-0.2, 0) is 22.1 Å². The van der Waals surface area contributed by atoms with Crippen LogP contribution in [0.15, 0.2) is 41.9 Å². The third-order valence-corrected chi connectivity index (χ3v) is 6.04. The molecule has 0 aliphatic carbocycles. The summed E-state index contributed by atoms with van der Waals surface area (Å²) in [5, 5.41) is 11.8. The number of ether oxygens (including phenoxy) is 2. The molecule has 0 amide bonds. The van der Waals surface area contributed by atoms with Gasteiger partial charge in [0.25, 0.3) is 0 Å². The summed E-state index contributed by atoms with van der Waals surface area (Å²) < 4.78 is 58.3. The molecule has 1 N–H and O–H groups in total. The zero-order chi connectivity index (χ0) is 24.7. The summed E-state index contributed by atoms with van der Waals surface area (Å²) in [7, 11) is 0. The minimum absolute atomic E-state index is 0.167. The molecule has 0 spiro atoms. The van der Waals surface area contributed by atoms with Crippen molar-refractivity contribution < 1.29 is 32.5 Å². The van der Waals surface area contributed by atoms with Gasteiger partial charge < -0.3 is 14.6 Å². The van der Waals surface area contributed by atoms with E-state index in [1.165, 1.54) is 6.07 Å². The van der Waals surface area contributed by atoms with Gasteiger partial charge in [0.2, 0.25) is 0 Å². The number of hydrogen-bond acceptors (Lipinski definition) is 5. The smallest absolute Gasteiger partial charge is 0.416 e.